The Kier molecular flexibility index (Phi) is 5.75. The van der Waals surface area contributed by atoms with Crippen LogP contribution < -0.4 is 11.1 Å². The summed E-state index contributed by atoms with van der Waals surface area (Å²) in [6, 6.07) is 7.95. The number of rotatable bonds is 5. The predicted molar refractivity (Wildman–Crippen MR) is 84.4 cm³/mol. The molecule has 3 nitrogen and oxygen atoms in total. The maximum atomic E-state index is 11.9. The molecule has 2 unspecified atom stereocenters. The molecule has 0 aliphatic heterocycles. The van der Waals surface area contributed by atoms with E-state index in [1.807, 2.05) is 13.8 Å². The molecule has 112 valence electrons. The van der Waals surface area contributed by atoms with Gasteiger partial charge in [-0.25, -0.2) is 0 Å². The highest BCUT2D eigenvalue weighted by Crippen LogP contribution is 2.22. The second kappa shape index (κ2) is 6.89. The van der Waals surface area contributed by atoms with Crippen LogP contribution in [0.2, 0.25) is 0 Å². The summed E-state index contributed by atoms with van der Waals surface area (Å²) in [6.07, 6.45) is 0.912. The number of benzene rings is 1. The summed E-state index contributed by atoms with van der Waals surface area (Å²) >= 11 is 0. The number of carbonyl (C=O) groups excluding carboxylic acids is 1. The van der Waals surface area contributed by atoms with E-state index in [9.17, 15) is 4.79 Å². The third-order valence-corrected chi connectivity index (χ3v) is 3.85. The van der Waals surface area contributed by atoms with Crippen molar-refractivity contribution in [1.82, 2.24) is 5.32 Å². The van der Waals surface area contributed by atoms with Crippen LogP contribution in [0.3, 0.4) is 0 Å². The molecule has 1 aromatic carbocycles. The van der Waals surface area contributed by atoms with Crippen molar-refractivity contribution < 1.29 is 4.79 Å². The first-order chi connectivity index (χ1) is 9.25. The van der Waals surface area contributed by atoms with Gasteiger partial charge in [-0.1, -0.05) is 65.3 Å². The summed E-state index contributed by atoms with van der Waals surface area (Å²) < 4.78 is 0. The molecule has 0 heterocycles. The first-order valence-electron chi connectivity index (χ1n) is 7.38. The van der Waals surface area contributed by atoms with Crippen molar-refractivity contribution in [3.63, 3.8) is 0 Å². The zero-order chi connectivity index (χ0) is 15.3. The van der Waals surface area contributed by atoms with E-state index >= 15 is 0 Å². The minimum absolute atomic E-state index is 0.0701. The average Bonchev–Trinajstić information content (AvgIpc) is 2.42. The second-order valence-corrected chi connectivity index (χ2v) is 6.58. The minimum atomic E-state index is -0.422. The van der Waals surface area contributed by atoms with Crippen molar-refractivity contribution in [2.24, 2.45) is 11.7 Å². The standard InChI is InChI=1S/C17H28N2O/c1-6-12(2)15(18)16(20)19-11-13-7-9-14(10-8-13)17(3,4)5/h7-10,12,15H,6,11,18H2,1-5H3,(H,19,20). The lowest BCUT2D eigenvalue weighted by Crippen LogP contribution is -2.44. The van der Waals surface area contributed by atoms with Crippen molar-refractivity contribution in [2.45, 2.75) is 59.0 Å². The van der Waals surface area contributed by atoms with Crippen molar-refractivity contribution in [2.75, 3.05) is 0 Å². The lowest BCUT2D eigenvalue weighted by Gasteiger charge is -2.20. The molecule has 0 saturated carbocycles. The van der Waals surface area contributed by atoms with Gasteiger partial charge < -0.3 is 11.1 Å². The van der Waals surface area contributed by atoms with E-state index in [0.29, 0.717) is 6.54 Å². The van der Waals surface area contributed by atoms with E-state index in [1.54, 1.807) is 0 Å². The summed E-state index contributed by atoms with van der Waals surface area (Å²) in [6.45, 7) is 11.2. The van der Waals surface area contributed by atoms with Gasteiger partial charge in [-0.3, -0.25) is 4.79 Å². The Hall–Kier alpha value is -1.35. The fourth-order valence-electron chi connectivity index (χ4n) is 1.94. The van der Waals surface area contributed by atoms with Crippen LogP contribution in [0, 0.1) is 5.92 Å². The smallest absolute Gasteiger partial charge is 0.237 e. The van der Waals surface area contributed by atoms with Gasteiger partial charge >= 0.3 is 0 Å². The molecule has 0 aliphatic carbocycles. The van der Waals surface area contributed by atoms with Gasteiger partial charge in [-0.05, 0) is 22.5 Å². The average molecular weight is 276 g/mol. The molecule has 3 N–H and O–H groups in total. The van der Waals surface area contributed by atoms with Crippen molar-refractivity contribution in [1.29, 1.82) is 0 Å². The van der Waals surface area contributed by atoms with Crippen LogP contribution in [0.25, 0.3) is 0 Å². The van der Waals surface area contributed by atoms with Crippen LogP contribution in [0.15, 0.2) is 24.3 Å². The summed E-state index contributed by atoms with van der Waals surface area (Å²) in [4.78, 5) is 11.9. The maximum absolute atomic E-state index is 11.9. The lowest BCUT2D eigenvalue weighted by atomic mass is 9.87. The van der Waals surface area contributed by atoms with E-state index in [-0.39, 0.29) is 17.2 Å². The molecular formula is C17H28N2O. The van der Waals surface area contributed by atoms with Gasteiger partial charge in [0.2, 0.25) is 5.91 Å². The molecule has 0 radical (unpaired) electrons. The molecule has 0 saturated heterocycles. The second-order valence-electron chi connectivity index (χ2n) is 6.58. The summed E-state index contributed by atoms with van der Waals surface area (Å²) in [5, 5.41) is 2.91. The number of amides is 1. The van der Waals surface area contributed by atoms with Crippen LogP contribution in [0.5, 0.6) is 0 Å². The molecule has 2 atom stereocenters. The molecule has 0 spiro atoms. The predicted octanol–water partition coefficient (Wildman–Crippen LogP) is 2.97. The quantitative estimate of drug-likeness (QED) is 0.868. The largest absolute Gasteiger partial charge is 0.351 e. The highest BCUT2D eigenvalue weighted by Gasteiger charge is 2.19. The zero-order valence-electron chi connectivity index (χ0n) is 13.4. The van der Waals surface area contributed by atoms with Gasteiger partial charge in [0.25, 0.3) is 0 Å². The van der Waals surface area contributed by atoms with E-state index in [1.165, 1.54) is 5.56 Å². The first kappa shape index (κ1) is 16.7. The fourth-order valence-corrected chi connectivity index (χ4v) is 1.94. The van der Waals surface area contributed by atoms with Crippen molar-refractivity contribution in [3.8, 4) is 0 Å². The van der Waals surface area contributed by atoms with Gasteiger partial charge in [0.05, 0.1) is 6.04 Å². The number of nitrogens with one attached hydrogen (secondary N) is 1. The van der Waals surface area contributed by atoms with Crippen LogP contribution in [-0.4, -0.2) is 11.9 Å². The molecule has 1 rings (SSSR count). The molecule has 3 heteroatoms. The lowest BCUT2D eigenvalue weighted by molar-refractivity contribution is -0.123. The van der Waals surface area contributed by atoms with Gasteiger partial charge in [-0.15, -0.1) is 0 Å². The van der Waals surface area contributed by atoms with Crippen LogP contribution in [-0.2, 0) is 16.8 Å². The summed E-state index contributed by atoms with van der Waals surface area (Å²) in [7, 11) is 0. The van der Waals surface area contributed by atoms with E-state index in [2.05, 4.69) is 50.4 Å². The van der Waals surface area contributed by atoms with Gasteiger partial charge in [0.15, 0.2) is 0 Å². The van der Waals surface area contributed by atoms with E-state index in [4.69, 9.17) is 5.73 Å². The highest BCUT2D eigenvalue weighted by molar-refractivity contribution is 5.81. The number of hydrogen-bond acceptors (Lipinski definition) is 2. The third-order valence-electron chi connectivity index (χ3n) is 3.85. The molecule has 0 aromatic heterocycles. The third kappa shape index (κ3) is 4.64. The number of hydrogen-bond donors (Lipinski definition) is 2. The topological polar surface area (TPSA) is 55.1 Å². The van der Waals surface area contributed by atoms with E-state index in [0.717, 1.165) is 12.0 Å². The number of nitrogens with two attached hydrogens (primary N) is 1. The Morgan fingerprint density at radius 1 is 1.25 bits per heavy atom. The van der Waals surface area contributed by atoms with Crippen LogP contribution >= 0.6 is 0 Å². The van der Waals surface area contributed by atoms with Gasteiger partial charge in [0, 0.05) is 6.54 Å². The normalized spacial score (nSPS) is 14.7. The molecule has 0 aliphatic rings. The monoisotopic (exact) mass is 276 g/mol. The van der Waals surface area contributed by atoms with Crippen LogP contribution in [0.1, 0.15) is 52.2 Å². The maximum Gasteiger partial charge on any atom is 0.237 e. The van der Waals surface area contributed by atoms with Gasteiger partial charge in [0.1, 0.15) is 0 Å². The fraction of sp³-hybridized carbons (Fsp3) is 0.588. The van der Waals surface area contributed by atoms with Gasteiger partial charge in [-0.2, -0.15) is 0 Å². The molecule has 1 aromatic rings. The SMILES string of the molecule is CCC(C)C(N)C(=O)NCc1ccc(C(C)(C)C)cc1. The Bertz CT molecular complexity index is 431. The Balaban J connectivity index is 2.56. The molecule has 1 amide bonds. The molecular weight excluding hydrogens is 248 g/mol. The highest BCUT2D eigenvalue weighted by atomic mass is 16.2. The summed E-state index contributed by atoms with van der Waals surface area (Å²) in [5.74, 6) is 0.137. The molecule has 0 fully saturated rings. The van der Waals surface area contributed by atoms with Crippen LogP contribution in [0.4, 0.5) is 0 Å². The first-order valence-corrected chi connectivity index (χ1v) is 7.38. The zero-order valence-corrected chi connectivity index (χ0v) is 13.4. The van der Waals surface area contributed by atoms with E-state index < -0.39 is 6.04 Å². The molecule has 20 heavy (non-hydrogen) atoms. The Morgan fingerprint density at radius 2 is 1.80 bits per heavy atom. The number of carbonyl (C=O) groups is 1. The summed E-state index contributed by atoms with van der Waals surface area (Å²) in [5.41, 5.74) is 8.45. The van der Waals surface area contributed by atoms with Crippen molar-refractivity contribution in [3.05, 3.63) is 35.4 Å². The van der Waals surface area contributed by atoms with Crippen molar-refractivity contribution >= 4 is 5.91 Å². The Labute approximate surface area is 122 Å². The minimum Gasteiger partial charge on any atom is -0.351 e. The Morgan fingerprint density at radius 3 is 2.25 bits per heavy atom. The molecule has 0 bridgehead atoms.